The van der Waals surface area contributed by atoms with Crippen LogP contribution < -0.4 is 5.56 Å². The van der Waals surface area contributed by atoms with Crippen LogP contribution in [0.3, 0.4) is 0 Å². The van der Waals surface area contributed by atoms with Crippen molar-refractivity contribution in [3.05, 3.63) is 62.8 Å². The summed E-state index contributed by atoms with van der Waals surface area (Å²) in [6.45, 7) is 2.01. The van der Waals surface area contributed by atoms with Crippen LogP contribution in [0.2, 0.25) is 0 Å². The minimum Gasteiger partial charge on any atom is -0.292 e. The van der Waals surface area contributed by atoms with Crippen LogP contribution in [0.5, 0.6) is 0 Å². The average molecular weight is 356 g/mol. The van der Waals surface area contributed by atoms with Crippen molar-refractivity contribution in [2.24, 2.45) is 5.92 Å². The number of carbonyl (C=O) groups excluding carboxylic acids is 1. The van der Waals surface area contributed by atoms with Crippen molar-refractivity contribution < 1.29 is 9.18 Å². The molecule has 0 spiro atoms. The van der Waals surface area contributed by atoms with Gasteiger partial charge in [0, 0.05) is 4.88 Å². The molecule has 2 heterocycles. The molecule has 0 fully saturated rings. The molecule has 1 aliphatic rings. The summed E-state index contributed by atoms with van der Waals surface area (Å²) in [6, 6.07) is 5.82. The van der Waals surface area contributed by atoms with Crippen LogP contribution in [0.25, 0.3) is 10.2 Å². The smallest absolute Gasteiger partial charge is 0.262 e. The molecule has 0 saturated carbocycles. The Labute approximate surface area is 147 Å². The molecule has 0 unspecified atom stereocenters. The molecule has 4 rings (SSSR count). The Morgan fingerprint density at radius 1 is 1.40 bits per heavy atom. The van der Waals surface area contributed by atoms with E-state index in [9.17, 15) is 14.0 Å². The van der Waals surface area contributed by atoms with E-state index in [4.69, 9.17) is 0 Å². The number of Topliss-reactive ketones (excluding diaryl/α,β-unsaturated/α-hetero) is 1. The first-order chi connectivity index (χ1) is 12.0. The summed E-state index contributed by atoms with van der Waals surface area (Å²) < 4.78 is 15.1. The van der Waals surface area contributed by atoms with Gasteiger partial charge in [-0.3, -0.25) is 14.2 Å². The first kappa shape index (κ1) is 16.1. The fraction of sp³-hybridized carbons (Fsp3) is 0.316. The zero-order chi connectivity index (χ0) is 17.6. The lowest BCUT2D eigenvalue weighted by Gasteiger charge is -2.17. The maximum atomic E-state index is 13.8. The van der Waals surface area contributed by atoms with Crippen molar-refractivity contribution in [1.29, 1.82) is 0 Å². The van der Waals surface area contributed by atoms with E-state index in [-0.39, 0.29) is 17.7 Å². The van der Waals surface area contributed by atoms with Gasteiger partial charge >= 0.3 is 0 Å². The first-order valence-electron chi connectivity index (χ1n) is 8.32. The maximum Gasteiger partial charge on any atom is 0.262 e. The molecule has 0 saturated heterocycles. The topological polar surface area (TPSA) is 52.0 Å². The van der Waals surface area contributed by atoms with Gasteiger partial charge in [0.15, 0.2) is 5.78 Å². The second kappa shape index (κ2) is 6.19. The molecular weight excluding hydrogens is 339 g/mol. The Morgan fingerprint density at radius 2 is 2.20 bits per heavy atom. The van der Waals surface area contributed by atoms with E-state index >= 15 is 0 Å². The lowest BCUT2D eigenvalue weighted by atomic mass is 9.89. The molecule has 3 aromatic rings. The maximum absolute atomic E-state index is 13.8. The van der Waals surface area contributed by atoms with E-state index in [1.54, 1.807) is 17.4 Å². The monoisotopic (exact) mass is 356 g/mol. The summed E-state index contributed by atoms with van der Waals surface area (Å²) in [5.41, 5.74) is 0.876. The van der Waals surface area contributed by atoms with Crippen molar-refractivity contribution in [2.75, 3.05) is 0 Å². The standard InChI is InChI=1S/C19H17FN2O2S/c1-11-6-7-13-16(8-11)25-18-17(13)19(24)22(10-21-18)9-15(23)12-4-2-3-5-14(12)20/h2-5,10-11H,6-9H2,1H3/t11-/m0/s1. The van der Waals surface area contributed by atoms with E-state index in [0.717, 1.165) is 29.7 Å². The number of fused-ring (bicyclic) bond motifs is 3. The number of carbonyl (C=O) groups is 1. The van der Waals surface area contributed by atoms with Crippen LogP contribution in [-0.2, 0) is 19.4 Å². The fourth-order valence-corrected chi connectivity index (χ4v) is 4.75. The van der Waals surface area contributed by atoms with Gasteiger partial charge in [0.1, 0.15) is 10.6 Å². The van der Waals surface area contributed by atoms with Crippen LogP contribution in [0.1, 0.15) is 34.1 Å². The summed E-state index contributed by atoms with van der Waals surface area (Å²) >= 11 is 1.57. The lowest BCUT2D eigenvalue weighted by molar-refractivity contribution is 0.0966. The van der Waals surface area contributed by atoms with Crippen LogP contribution >= 0.6 is 11.3 Å². The number of aromatic nitrogens is 2. The zero-order valence-electron chi connectivity index (χ0n) is 13.8. The molecule has 25 heavy (non-hydrogen) atoms. The highest BCUT2D eigenvalue weighted by Crippen LogP contribution is 2.35. The first-order valence-corrected chi connectivity index (χ1v) is 9.13. The number of hydrogen-bond donors (Lipinski definition) is 0. The number of thiophene rings is 1. The number of hydrogen-bond acceptors (Lipinski definition) is 4. The Hall–Kier alpha value is -2.34. The van der Waals surface area contributed by atoms with Crippen molar-refractivity contribution in [3.63, 3.8) is 0 Å². The number of benzene rings is 1. The van der Waals surface area contributed by atoms with E-state index < -0.39 is 11.6 Å². The quantitative estimate of drug-likeness (QED) is 0.674. The third-order valence-electron chi connectivity index (χ3n) is 4.77. The third-order valence-corrected chi connectivity index (χ3v) is 5.93. The van der Waals surface area contributed by atoms with Gasteiger partial charge < -0.3 is 0 Å². The van der Waals surface area contributed by atoms with E-state index in [0.29, 0.717) is 11.3 Å². The minimum absolute atomic E-state index is 0.00401. The highest BCUT2D eigenvalue weighted by Gasteiger charge is 2.23. The third kappa shape index (κ3) is 2.80. The number of nitrogens with zero attached hydrogens (tertiary/aromatic N) is 2. The van der Waals surface area contributed by atoms with Gasteiger partial charge in [-0.2, -0.15) is 0 Å². The van der Waals surface area contributed by atoms with Gasteiger partial charge in [-0.05, 0) is 42.9 Å². The number of ketones is 1. The van der Waals surface area contributed by atoms with Crippen LogP contribution in [0, 0.1) is 11.7 Å². The van der Waals surface area contributed by atoms with Crippen molar-refractivity contribution in [3.8, 4) is 0 Å². The molecule has 0 N–H and O–H groups in total. The van der Waals surface area contributed by atoms with Crippen molar-refractivity contribution >= 4 is 27.3 Å². The second-order valence-corrected chi connectivity index (χ2v) is 7.70. The number of halogens is 1. The van der Waals surface area contributed by atoms with Crippen molar-refractivity contribution in [2.45, 2.75) is 32.7 Å². The predicted molar refractivity (Wildman–Crippen MR) is 95.8 cm³/mol. The van der Waals surface area contributed by atoms with Gasteiger partial charge in [-0.1, -0.05) is 19.1 Å². The second-order valence-electron chi connectivity index (χ2n) is 6.61. The highest BCUT2D eigenvalue weighted by molar-refractivity contribution is 7.18. The molecule has 1 aromatic carbocycles. The summed E-state index contributed by atoms with van der Waals surface area (Å²) in [5.74, 6) is -0.388. The predicted octanol–water partition coefficient (Wildman–Crippen LogP) is 3.60. The molecule has 0 aliphatic heterocycles. The highest BCUT2D eigenvalue weighted by atomic mass is 32.1. The SMILES string of the molecule is C[C@H]1CCc2c(sc3ncn(CC(=O)c4ccccc4F)c(=O)c23)C1. The van der Waals surface area contributed by atoms with Crippen molar-refractivity contribution in [1.82, 2.24) is 9.55 Å². The normalized spacial score (nSPS) is 16.8. The molecule has 0 bridgehead atoms. The Morgan fingerprint density at radius 3 is 3.00 bits per heavy atom. The fourth-order valence-electron chi connectivity index (χ4n) is 3.41. The van der Waals surface area contributed by atoms with Gasteiger partial charge in [0.05, 0.1) is 23.8 Å². The van der Waals surface area contributed by atoms with E-state index in [1.807, 2.05) is 0 Å². The van der Waals surface area contributed by atoms with Gasteiger partial charge in [-0.15, -0.1) is 11.3 Å². The lowest BCUT2D eigenvalue weighted by Crippen LogP contribution is -2.25. The minimum atomic E-state index is -0.573. The van der Waals surface area contributed by atoms with Crippen LogP contribution in [0.15, 0.2) is 35.4 Å². The Bertz CT molecular complexity index is 1040. The van der Waals surface area contributed by atoms with Gasteiger partial charge in [-0.25, -0.2) is 9.37 Å². The van der Waals surface area contributed by atoms with E-state index in [2.05, 4.69) is 11.9 Å². The molecule has 4 nitrogen and oxygen atoms in total. The van der Waals surface area contributed by atoms with Crippen LogP contribution in [-0.4, -0.2) is 15.3 Å². The van der Waals surface area contributed by atoms with Gasteiger partial charge in [0.25, 0.3) is 5.56 Å². The largest absolute Gasteiger partial charge is 0.292 e. The Balaban J connectivity index is 1.74. The molecule has 0 amide bonds. The molecule has 1 aliphatic carbocycles. The Kier molecular flexibility index (Phi) is 4.00. The number of rotatable bonds is 3. The zero-order valence-corrected chi connectivity index (χ0v) is 14.6. The molecule has 128 valence electrons. The number of aryl methyl sites for hydroxylation is 1. The van der Waals surface area contributed by atoms with Crippen LogP contribution in [0.4, 0.5) is 4.39 Å². The molecule has 1 atom stereocenters. The van der Waals surface area contributed by atoms with Gasteiger partial charge in [0.2, 0.25) is 0 Å². The summed E-state index contributed by atoms with van der Waals surface area (Å²) in [6.07, 6.45) is 4.30. The van der Waals surface area contributed by atoms with E-state index in [1.165, 1.54) is 34.0 Å². The summed E-state index contributed by atoms with van der Waals surface area (Å²) in [5, 5.41) is 0.635. The molecule has 0 radical (unpaired) electrons. The molecule has 2 aromatic heterocycles. The average Bonchev–Trinajstić information content (AvgIpc) is 2.95. The summed E-state index contributed by atoms with van der Waals surface area (Å²) in [4.78, 5) is 31.6. The molecule has 6 heteroatoms. The summed E-state index contributed by atoms with van der Waals surface area (Å²) in [7, 11) is 0. The molecular formula is C19H17FN2O2S.